The van der Waals surface area contributed by atoms with Crippen LogP contribution in [0.2, 0.25) is 0 Å². The van der Waals surface area contributed by atoms with E-state index in [0.29, 0.717) is 30.9 Å². The minimum absolute atomic E-state index is 0.0585. The lowest BCUT2D eigenvalue weighted by Crippen LogP contribution is -2.31. The molecule has 0 atom stereocenters. The fourth-order valence-corrected chi connectivity index (χ4v) is 4.57. The number of urea groups is 1. The van der Waals surface area contributed by atoms with Crippen LogP contribution in [-0.2, 0) is 11.3 Å². The molecule has 3 amide bonds. The van der Waals surface area contributed by atoms with Crippen LogP contribution in [0.5, 0.6) is 0 Å². The second-order valence-corrected chi connectivity index (χ2v) is 8.47. The SMILES string of the molecule is COCCCNC(=O)Nc1ccc2c(c1)N(Cc1ccccc1)C(=O)c1ccccc1S2. The number of carbonyl (C=O) groups is 2. The number of rotatable bonds is 7. The molecule has 0 radical (unpaired) electrons. The molecule has 32 heavy (non-hydrogen) atoms. The van der Waals surface area contributed by atoms with E-state index in [0.717, 1.165) is 27.5 Å². The van der Waals surface area contributed by atoms with Gasteiger partial charge in [-0.05, 0) is 42.3 Å². The summed E-state index contributed by atoms with van der Waals surface area (Å²) in [6.45, 7) is 1.55. The normalized spacial score (nSPS) is 12.5. The van der Waals surface area contributed by atoms with Crippen molar-refractivity contribution in [3.8, 4) is 0 Å². The Morgan fingerprint density at radius 1 is 1.00 bits per heavy atom. The van der Waals surface area contributed by atoms with E-state index in [1.807, 2.05) is 72.8 Å². The number of hydrogen-bond donors (Lipinski definition) is 2. The first-order valence-electron chi connectivity index (χ1n) is 10.5. The number of anilines is 2. The number of amides is 3. The highest BCUT2D eigenvalue weighted by Crippen LogP contribution is 2.43. The van der Waals surface area contributed by atoms with Gasteiger partial charge >= 0.3 is 6.03 Å². The average molecular weight is 448 g/mol. The second kappa shape index (κ2) is 10.3. The van der Waals surface area contributed by atoms with Gasteiger partial charge in [-0.15, -0.1) is 0 Å². The smallest absolute Gasteiger partial charge is 0.319 e. The highest BCUT2D eigenvalue weighted by atomic mass is 32.2. The maximum atomic E-state index is 13.5. The van der Waals surface area contributed by atoms with Gasteiger partial charge in [-0.1, -0.05) is 54.2 Å². The number of fused-ring (bicyclic) bond motifs is 2. The lowest BCUT2D eigenvalue weighted by molar-refractivity contribution is 0.0982. The lowest BCUT2D eigenvalue weighted by Gasteiger charge is -2.24. The van der Waals surface area contributed by atoms with E-state index in [9.17, 15) is 9.59 Å². The van der Waals surface area contributed by atoms with Gasteiger partial charge in [-0.3, -0.25) is 4.79 Å². The molecule has 0 unspecified atom stereocenters. The number of benzene rings is 3. The van der Waals surface area contributed by atoms with Crippen molar-refractivity contribution in [2.45, 2.75) is 22.8 Å². The Kier molecular flexibility index (Phi) is 7.09. The summed E-state index contributed by atoms with van der Waals surface area (Å²) in [5, 5.41) is 5.69. The zero-order chi connectivity index (χ0) is 22.3. The van der Waals surface area contributed by atoms with Crippen LogP contribution in [-0.4, -0.2) is 32.2 Å². The van der Waals surface area contributed by atoms with E-state index in [1.165, 1.54) is 0 Å². The molecule has 2 N–H and O–H groups in total. The number of nitrogens with zero attached hydrogens (tertiary/aromatic N) is 1. The minimum atomic E-state index is -0.286. The van der Waals surface area contributed by atoms with Gasteiger partial charge in [0.1, 0.15) is 0 Å². The Bertz CT molecular complexity index is 1100. The van der Waals surface area contributed by atoms with Crippen LogP contribution in [0.25, 0.3) is 0 Å². The maximum absolute atomic E-state index is 13.5. The molecule has 0 bridgehead atoms. The van der Waals surface area contributed by atoms with Gasteiger partial charge < -0.3 is 20.3 Å². The molecule has 0 saturated carbocycles. The van der Waals surface area contributed by atoms with Crippen molar-refractivity contribution in [2.75, 3.05) is 30.5 Å². The summed E-state index contributed by atoms with van der Waals surface area (Å²) in [6, 6.07) is 22.9. The third-order valence-electron chi connectivity index (χ3n) is 5.08. The molecule has 0 aliphatic carbocycles. The van der Waals surface area contributed by atoms with Crippen molar-refractivity contribution >= 4 is 35.1 Å². The summed E-state index contributed by atoms with van der Waals surface area (Å²) >= 11 is 1.56. The molecule has 0 spiro atoms. The molecule has 1 aliphatic rings. The number of nitrogens with one attached hydrogen (secondary N) is 2. The molecule has 0 saturated heterocycles. The zero-order valence-electron chi connectivity index (χ0n) is 17.8. The second-order valence-electron chi connectivity index (χ2n) is 7.38. The Labute approximate surface area is 192 Å². The van der Waals surface area contributed by atoms with Gasteiger partial charge in [0.2, 0.25) is 0 Å². The van der Waals surface area contributed by atoms with Gasteiger partial charge in [0.25, 0.3) is 5.91 Å². The molecular weight excluding hydrogens is 422 g/mol. The van der Waals surface area contributed by atoms with E-state index < -0.39 is 0 Å². The summed E-state index contributed by atoms with van der Waals surface area (Å²) in [7, 11) is 1.63. The molecule has 0 aromatic heterocycles. The number of carbonyl (C=O) groups excluding carboxylic acids is 2. The third-order valence-corrected chi connectivity index (χ3v) is 6.23. The first kappa shape index (κ1) is 21.9. The highest BCUT2D eigenvalue weighted by molar-refractivity contribution is 7.99. The Balaban J connectivity index is 1.63. The molecule has 3 aromatic rings. The van der Waals surface area contributed by atoms with Crippen LogP contribution in [0, 0.1) is 0 Å². The monoisotopic (exact) mass is 447 g/mol. The molecule has 1 aliphatic heterocycles. The summed E-state index contributed by atoms with van der Waals surface area (Å²) in [5.41, 5.74) is 3.11. The molecule has 4 rings (SSSR count). The van der Waals surface area contributed by atoms with Crippen LogP contribution >= 0.6 is 11.8 Å². The van der Waals surface area contributed by atoms with Crippen molar-refractivity contribution in [3.05, 3.63) is 83.9 Å². The largest absolute Gasteiger partial charge is 0.385 e. The number of ether oxygens (including phenoxy) is 1. The average Bonchev–Trinajstić information content (AvgIpc) is 2.92. The standard InChI is InChI=1S/C25H25N3O3S/c1-31-15-7-14-26-25(30)27-19-12-13-23-21(16-19)28(17-18-8-3-2-4-9-18)24(29)20-10-5-6-11-22(20)32-23/h2-6,8-13,16H,7,14-15,17H2,1H3,(H2,26,27,30). The molecule has 0 fully saturated rings. The van der Waals surface area contributed by atoms with E-state index in [2.05, 4.69) is 10.6 Å². The predicted octanol–water partition coefficient (Wildman–Crippen LogP) is 5.16. The fourth-order valence-electron chi connectivity index (χ4n) is 3.51. The van der Waals surface area contributed by atoms with Crippen molar-refractivity contribution in [2.24, 2.45) is 0 Å². The van der Waals surface area contributed by atoms with Crippen molar-refractivity contribution in [1.29, 1.82) is 0 Å². The van der Waals surface area contributed by atoms with E-state index in [1.54, 1.807) is 23.8 Å². The van der Waals surface area contributed by atoms with E-state index in [-0.39, 0.29) is 11.9 Å². The van der Waals surface area contributed by atoms with Crippen LogP contribution in [0.1, 0.15) is 22.3 Å². The Hall–Kier alpha value is -3.29. The van der Waals surface area contributed by atoms with Crippen LogP contribution < -0.4 is 15.5 Å². The highest BCUT2D eigenvalue weighted by Gasteiger charge is 2.27. The molecule has 7 heteroatoms. The van der Waals surface area contributed by atoms with Gasteiger partial charge in [0, 0.05) is 35.7 Å². The first-order chi connectivity index (χ1) is 15.7. The van der Waals surface area contributed by atoms with Gasteiger partial charge in [-0.2, -0.15) is 0 Å². The maximum Gasteiger partial charge on any atom is 0.319 e. The predicted molar refractivity (Wildman–Crippen MR) is 127 cm³/mol. The summed E-state index contributed by atoms with van der Waals surface area (Å²) < 4.78 is 5.00. The molecule has 164 valence electrons. The minimum Gasteiger partial charge on any atom is -0.385 e. The van der Waals surface area contributed by atoms with Crippen LogP contribution in [0.3, 0.4) is 0 Å². The zero-order valence-corrected chi connectivity index (χ0v) is 18.7. The topological polar surface area (TPSA) is 70.7 Å². The van der Waals surface area contributed by atoms with Crippen LogP contribution in [0.4, 0.5) is 16.2 Å². The Morgan fingerprint density at radius 3 is 2.59 bits per heavy atom. The van der Waals surface area contributed by atoms with Crippen molar-refractivity contribution in [1.82, 2.24) is 5.32 Å². The van der Waals surface area contributed by atoms with Gasteiger partial charge in [0.15, 0.2) is 0 Å². The van der Waals surface area contributed by atoms with Gasteiger partial charge in [-0.25, -0.2) is 4.79 Å². The summed E-state index contributed by atoms with van der Waals surface area (Å²) in [6.07, 6.45) is 0.738. The van der Waals surface area contributed by atoms with Crippen LogP contribution in [0.15, 0.2) is 82.6 Å². The lowest BCUT2D eigenvalue weighted by atomic mass is 10.1. The molecular formula is C25H25N3O3S. The summed E-state index contributed by atoms with van der Waals surface area (Å²) in [5.74, 6) is -0.0585. The van der Waals surface area contributed by atoms with E-state index >= 15 is 0 Å². The third kappa shape index (κ3) is 5.12. The number of methoxy groups -OCH3 is 1. The Morgan fingerprint density at radius 2 is 1.78 bits per heavy atom. The molecule has 6 nitrogen and oxygen atoms in total. The molecule has 3 aromatic carbocycles. The first-order valence-corrected chi connectivity index (χ1v) is 11.3. The number of hydrogen-bond acceptors (Lipinski definition) is 4. The summed E-state index contributed by atoms with van der Waals surface area (Å²) in [4.78, 5) is 29.5. The van der Waals surface area contributed by atoms with E-state index in [4.69, 9.17) is 4.74 Å². The fraction of sp³-hybridized carbons (Fsp3) is 0.200. The van der Waals surface area contributed by atoms with Crippen molar-refractivity contribution < 1.29 is 14.3 Å². The van der Waals surface area contributed by atoms with Crippen molar-refractivity contribution in [3.63, 3.8) is 0 Å². The quantitative estimate of drug-likeness (QED) is 0.491. The van der Waals surface area contributed by atoms with Gasteiger partial charge in [0.05, 0.1) is 17.8 Å². The molecule has 1 heterocycles.